The topological polar surface area (TPSA) is 40.2 Å². The zero-order chi connectivity index (χ0) is 18.9. The molecular formula is C21H26ClNO4. The first-order chi connectivity index (χ1) is 13.2. The smallest absolute Gasteiger partial charge is 0.161 e. The molecule has 1 saturated heterocycles. The molecule has 0 aliphatic carbocycles. The van der Waals surface area contributed by atoms with E-state index in [2.05, 4.69) is 17.0 Å². The number of ether oxygens (including phenoxy) is 4. The quantitative estimate of drug-likeness (QED) is 0.610. The summed E-state index contributed by atoms with van der Waals surface area (Å²) in [5, 5.41) is 0.762. The van der Waals surface area contributed by atoms with E-state index in [9.17, 15) is 0 Å². The Hall–Kier alpha value is -1.79. The molecule has 27 heavy (non-hydrogen) atoms. The SMILES string of the molecule is COCCOc1ccccc1OCC1CN(Cc2ccc(Cl)cc2)CCO1. The van der Waals surface area contributed by atoms with Gasteiger partial charge < -0.3 is 18.9 Å². The van der Waals surface area contributed by atoms with Crippen molar-refractivity contribution in [3.05, 3.63) is 59.1 Å². The second-order valence-electron chi connectivity index (χ2n) is 6.45. The van der Waals surface area contributed by atoms with Gasteiger partial charge in [0.2, 0.25) is 0 Å². The summed E-state index contributed by atoms with van der Waals surface area (Å²) in [7, 11) is 1.65. The highest BCUT2D eigenvalue weighted by molar-refractivity contribution is 6.30. The van der Waals surface area contributed by atoms with Crippen LogP contribution in [-0.4, -0.2) is 57.6 Å². The van der Waals surface area contributed by atoms with Crippen molar-refractivity contribution in [1.29, 1.82) is 0 Å². The van der Waals surface area contributed by atoms with Crippen LogP contribution in [0, 0.1) is 0 Å². The van der Waals surface area contributed by atoms with Crippen LogP contribution in [0.25, 0.3) is 0 Å². The van der Waals surface area contributed by atoms with E-state index in [0.717, 1.165) is 36.2 Å². The van der Waals surface area contributed by atoms with Gasteiger partial charge in [-0.3, -0.25) is 4.90 Å². The molecule has 1 atom stereocenters. The molecule has 1 fully saturated rings. The van der Waals surface area contributed by atoms with Gasteiger partial charge in [-0.2, -0.15) is 0 Å². The van der Waals surface area contributed by atoms with Gasteiger partial charge >= 0.3 is 0 Å². The van der Waals surface area contributed by atoms with E-state index < -0.39 is 0 Å². The minimum Gasteiger partial charge on any atom is -0.487 e. The summed E-state index contributed by atoms with van der Waals surface area (Å²) in [5.41, 5.74) is 1.25. The van der Waals surface area contributed by atoms with Crippen molar-refractivity contribution in [3.8, 4) is 11.5 Å². The van der Waals surface area contributed by atoms with E-state index in [0.29, 0.717) is 26.4 Å². The van der Waals surface area contributed by atoms with Crippen molar-refractivity contribution in [1.82, 2.24) is 4.90 Å². The lowest BCUT2D eigenvalue weighted by atomic mass is 10.2. The average Bonchev–Trinajstić information content (AvgIpc) is 2.69. The third kappa shape index (κ3) is 6.40. The maximum absolute atomic E-state index is 5.99. The van der Waals surface area contributed by atoms with Crippen molar-refractivity contribution >= 4 is 11.6 Å². The fraction of sp³-hybridized carbons (Fsp3) is 0.429. The van der Waals surface area contributed by atoms with Crippen LogP contribution in [-0.2, 0) is 16.0 Å². The van der Waals surface area contributed by atoms with Gasteiger partial charge in [-0.05, 0) is 29.8 Å². The monoisotopic (exact) mass is 391 g/mol. The zero-order valence-electron chi connectivity index (χ0n) is 15.6. The summed E-state index contributed by atoms with van der Waals surface area (Å²) >= 11 is 5.96. The number of para-hydroxylation sites is 2. The minimum atomic E-state index is 0.0260. The number of morpholine rings is 1. The van der Waals surface area contributed by atoms with Crippen LogP contribution in [0.4, 0.5) is 0 Å². The van der Waals surface area contributed by atoms with Crippen LogP contribution in [0.15, 0.2) is 48.5 Å². The van der Waals surface area contributed by atoms with Crippen LogP contribution in [0.2, 0.25) is 5.02 Å². The lowest BCUT2D eigenvalue weighted by Crippen LogP contribution is -2.44. The van der Waals surface area contributed by atoms with Crippen LogP contribution in [0.1, 0.15) is 5.56 Å². The first-order valence-corrected chi connectivity index (χ1v) is 9.54. The van der Waals surface area contributed by atoms with E-state index in [4.69, 9.17) is 30.5 Å². The Morgan fingerprint density at radius 2 is 1.78 bits per heavy atom. The highest BCUT2D eigenvalue weighted by Crippen LogP contribution is 2.27. The van der Waals surface area contributed by atoms with Crippen LogP contribution < -0.4 is 9.47 Å². The predicted molar refractivity (Wildman–Crippen MR) is 106 cm³/mol. The summed E-state index contributed by atoms with van der Waals surface area (Å²) in [6.45, 7) is 4.85. The molecule has 146 valence electrons. The summed E-state index contributed by atoms with van der Waals surface area (Å²) in [6.07, 6.45) is 0.0260. The van der Waals surface area contributed by atoms with Crippen LogP contribution >= 0.6 is 11.6 Å². The summed E-state index contributed by atoms with van der Waals surface area (Å²) < 4.78 is 22.6. The van der Waals surface area contributed by atoms with E-state index in [-0.39, 0.29) is 6.10 Å². The van der Waals surface area contributed by atoms with Gasteiger partial charge in [0.05, 0.1) is 13.2 Å². The maximum atomic E-state index is 5.99. The van der Waals surface area contributed by atoms with Gasteiger partial charge in [0.15, 0.2) is 11.5 Å². The fourth-order valence-electron chi connectivity index (χ4n) is 2.98. The van der Waals surface area contributed by atoms with Gasteiger partial charge in [0.1, 0.15) is 19.3 Å². The summed E-state index contributed by atoms with van der Waals surface area (Å²) in [5.74, 6) is 1.45. The number of nitrogens with zero attached hydrogens (tertiary/aromatic N) is 1. The highest BCUT2D eigenvalue weighted by Gasteiger charge is 2.21. The molecule has 0 saturated carbocycles. The Balaban J connectivity index is 1.50. The maximum Gasteiger partial charge on any atom is 0.161 e. The molecule has 0 spiro atoms. The standard InChI is InChI=1S/C21H26ClNO4/c1-24-12-13-26-20-4-2-3-5-21(20)27-16-19-15-23(10-11-25-19)14-17-6-8-18(22)9-7-17/h2-9,19H,10-16H2,1H3. The average molecular weight is 392 g/mol. The molecule has 0 aromatic heterocycles. The highest BCUT2D eigenvalue weighted by atomic mass is 35.5. The molecule has 1 aliphatic rings. The Labute approximate surface area is 165 Å². The Morgan fingerprint density at radius 1 is 1.04 bits per heavy atom. The molecule has 0 bridgehead atoms. The van der Waals surface area contributed by atoms with E-state index in [1.54, 1.807) is 7.11 Å². The molecule has 2 aromatic carbocycles. The van der Waals surface area contributed by atoms with Gasteiger partial charge in [-0.25, -0.2) is 0 Å². The third-order valence-corrected chi connectivity index (χ3v) is 4.61. The van der Waals surface area contributed by atoms with Gasteiger partial charge in [0, 0.05) is 31.8 Å². The largest absolute Gasteiger partial charge is 0.487 e. The van der Waals surface area contributed by atoms with Gasteiger partial charge in [0.25, 0.3) is 0 Å². The molecule has 3 rings (SSSR count). The van der Waals surface area contributed by atoms with E-state index in [1.165, 1.54) is 5.56 Å². The molecule has 0 N–H and O–H groups in total. The Bertz CT molecular complexity index is 695. The van der Waals surface area contributed by atoms with Crippen molar-refractivity contribution in [2.75, 3.05) is 46.6 Å². The van der Waals surface area contributed by atoms with Gasteiger partial charge in [-0.1, -0.05) is 35.9 Å². The zero-order valence-corrected chi connectivity index (χ0v) is 16.4. The minimum absolute atomic E-state index is 0.0260. The normalized spacial score (nSPS) is 17.6. The summed E-state index contributed by atoms with van der Waals surface area (Å²) in [6, 6.07) is 15.7. The van der Waals surface area contributed by atoms with Crippen LogP contribution in [0.3, 0.4) is 0 Å². The molecular weight excluding hydrogens is 366 g/mol. The molecule has 0 amide bonds. The van der Waals surface area contributed by atoms with Crippen molar-refractivity contribution < 1.29 is 18.9 Å². The van der Waals surface area contributed by atoms with Crippen LogP contribution in [0.5, 0.6) is 11.5 Å². The molecule has 1 aliphatic heterocycles. The van der Waals surface area contributed by atoms with E-state index >= 15 is 0 Å². The number of rotatable bonds is 9. The lowest BCUT2D eigenvalue weighted by Gasteiger charge is -2.32. The molecule has 5 nitrogen and oxygen atoms in total. The molecule has 0 radical (unpaired) electrons. The van der Waals surface area contributed by atoms with Crippen molar-refractivity contribution in [2.45, 2.75) is 12.6 Å². The number of hydrogen-bond donors (Lipinski definition) is 0. The second-order valence-corrected chi connectivity index (χ2v) is 6.89. The second kappa shape index (κ2) is 10.5. The van der Waals surface area contributed by atoms with Crippen molar-refractivity contribution in [2.24, 2.45) is 0 Å². The summed E-state index contributed by atoms with van der Waals surface area (Å²) in [4.78, 5) is 2.38. The third-order valence-electron chi connectivity index (χ3n) is 4.36. The van der Waals surface area contributed by atoms with Crippen molar-refractivity contribution in [3.63, 3.8) is 0 Å². The van der Waals surface area contributed by atoms with Gasteiger partial charge in [-0.15, -0.1) is 0 Å². The molecule has 6 heteroatoms. The Kier molecular flexibility index (Phi) is 7.78. The fourth-order valence-corrected chi connectivity index (χ4v) is 3.11. The number of methoxy groups -OCH3 is 1. The first kappa shape index (κ1) is 20.0. The number of benzene rings is 2. The van der Waals surface area contributed by atoms with E-state index in [1.807, 2.05) is 36.4 Å². The molecule has 2 aromatic rings. The Morgan fingerprint density at radius 3 is 2.52 bits per heavy atom. The predicted octanol–water partition coefficient (Wildman–Crippen LogP) is 3.65. The first-order valence-electron chi connectivity index (χ1n) is 9.16. The number of hydrogen-bond acceptors (Lipinski definition) is 5. The molecule has 1 unspecified atom stereocenters. The number of halogens is 1. The lowest BCUT2D eigenvalue weighted by molar-refractivity contribution is -0.0507. The molecule has 1 heterocycles.